The van der Waals surface area contributed by atoms with E-state index in [2.05, 4.69) is 16.0 Å². The van der Waals surface area contributed by atoms with Gasteiger partial charge in [0, 0.05) is 36.2 Å². The van der Waals surface area contributed by atoms with Crippen molar-refractivity contribution < 1.29 is 14.3 Å². The molecule has 0 radical (unpaired) electrons. The summed E-state index contributed by atoms with van der Waals surface area (Å²) in [6, 6.07) is 22.7. The van der Waals surface area contributed by atoms with E-state index in [-0.39, 0.29) is 5.91 Å². The van der Waals surface area contributed by atoms with Crippen LogP contribution in [-0.2, 0) is 13.0 Å². The van der Waals surface area contributed by atoms with Gasteiger partial charge in [-0.2, -0.15) is 0 Å². The van der Waals surface area contributed by atoms with Crippen LogP contribution in [0, 0.1) is 0 Å². The van der Waals surface area contributed by atoms with E-state index >= 15 is 0 Å². The minimum absolute atomic E-state index is 0.0974. The van der Waals surface area contributed by atoms with Gasteiger partial charge in [0.15, 0.2) is 0 Å². The summed E-state index contributed by atoms with van der Waals surface area (Å²) in [6.45, 7) is 1.97. The quantitative estimate of drug-likeness (QED) is 0.288. The van der Waals surface area contributed by atoms with Gasteiger partial charge in [-0.3, -0.25) is 4.79 Å². The normalized spacial score (nSPS) is 10.9. The Labute approximate surface area is 204 Å². The van der Waals surface area contributed by atoms with Crippen LogP contribution in [0.5, 0.6) is 11.5 Å². The standard InChI is InChI=1S/C27H28ClN3O3/c1-33-22-7-4-8-23(19-22)34-18-6-17-31-25-10-3-2-9-24(25)30-26(31)11-5-16-29-27(32)20-12-14-21(28)15-13-20/h2-4,7-10,12-15,19H,5-6,11,16-18H2,1H3,(H,29,32). The third kappa shape index (κ3) is 6.08. The van der Waals surface area contributed by atoms with Gasteiger partial charge in [-0.1, -0.05) is 29.8 Å². The van der Waals surface area contributed by atoms with Gasteiger partial charge in [0.1, 0.15) is 17.3 Å². The van der Waals surface area contributed by atoms with Gasteiger partial charge >= 0.3 is 0 Å². The second kappa shape index (κ2) is 11.6. The average Bonchev–Trinajstić information content (AvgIpc) is 3.22. The molecule has 0 bridgehead atoms. The van der Waals surface area contributed by atoms with Crippen molar-refractivity contribution in [1.29, 1.82) is 0 Å². The number of amides is 1. The van der Waals surface area contributed by atoms with Gasteiger partial charge < -0.3 is 19.4 Å². The fourth-order valence-electron chi connectivity index (χ4n) is 3.82. The number of imidazole rings is 1. The molecule has 0 atom stereocenters. The Morgan fingerprint density at radius 1 is 1.00 bits per heavy atom. The Hall–Kier alpha value is -3.51. The number of hydrogen-bond donors (Lipinski definition) is 1. The van der Waals surface area contributed by atoms with E-state index in [1.54, 1.807) is 31.4 Å². The molecular weight excluding hydrogens is 450 g/mol. The van der Waals surface area contributed by atoms with Gasteiger partial charge in [-0.15, -0.1) is 0 Å². The Balaban J connectivity index is 1.32. The minimum Gasteiger partial charge on any atom is -0.497 e. The second-order valence-corrected chi connectivity index (χ2v) is 8.35. The van der Waals surface area contributed by atoms with Gasteiger partial charge in [0.2, 0.25) is 0 Å². The molecule has 0 aliphatic carbocycles. The van der Waals surface area contributed by atoms with Crippen molar-refractivity contribution >= 4 is 28.5 Å². The van der Waals surface area contributed by atoms with Crippen LogP contribution < -0.4 is 14.8 Å². The number of ether oxygens (including phenoxy) is 2. The lowest BCUT2D eigenvalue weighted by Gasteiger charge is -2.11. The molecule has 0 saturated carbocycles. The monoisotopic (exact) mass is 477 g/mol. The molecule has 4 aromatic rings. The summed E-state index contributed by atoms with van der Waals surface area (Å²) in [6.07, 6.45) is 2.41. The maximum atomic E-state index is 12.3. The summed E-state index contributed by atoms with van der Waals surface area (Å²) < 4.78 is 13.4. The lowest BCUT2D eigenvalue weighted by molar-refractivity contribution is 0.0953. The SMILES string of the molecule is COc1cccc(OCCCn2c(CCCNC(=O)c3ccc(Cl)cc3)nc3ccccc32)c1. The van der Waals surface area contributed by atoms with E-state index in [1.165, 1.54) is 0 Å². The number of para-hydroxylation sites is 2. The summed E-state index contributed by atoms with van der Waals surface area (Å²) in [7, 11) is 1.65. The number of carbonyl (C=O) groups excluding carboxylic acids is 1. The minimum atomic E-state index is -0.0974. The maximum absolute atomic E-state index is 12.3. The first-order valence-corrected chi connectivity index (χ1v) is 11.8. The Bertz CT molecular complexity index is 1240. The van der Waals surface area contributed by atoms with Crippen LogP contribution in [-0.4, -0.2) is 35.7 Å². The Morgan fingerprint density at radius 3 is 2.62 bits per heavy atom. The van der Waals surface area contributed by atoms with Crippen LogP contribution in [0.3, 0.4) is 0 Å². The topological polar surface area (TPSA) is 65.4 Å². The predicted molar refractivity (Wildman–Crippen MR) is 135 cm³/mol. The predicted octanol–water partition coefficient (Wildman–Crippen LogP) is 5.53. The van der Waals surface area contributed by atoms with Crippen molar-refractivity contribution in [1.82, 2.24) is 14.9 Å². The molecule has 4 rings (SSSR count). The molecule has 1 aromatic heterocycles. The van der Waals surface area contributed by atoms with E-state index in [9.17, 15) is 4.79 Å². The van der Waals surface area contributed by atoms with Crippen molar-refractivity contribution in [3.63, 3.8) is 0 Å². The molecule has 3 aromatic carbocycles. The summed E-state index contributed by atoms with van der Waals surface area (Å²) in [4.78, 5) is 17.1. The van der Waals surface area contributed by atoms with Gasteiger partial charge in [-0.05, 0) is 61.4 Å². The Kier molecular flexibility index (Phi) is 8.04. The number of fused-ring (bicyclic) bond motifs is 1. The number of nitrogens with one attached hydrogen (secondary N) is 1. The molecule has 0 spiro atoms. The number of hydrogen-bond acceptors (Lipinski definition) is 4. The number of methoxy groups -OCH3 is 1. The van der Waals surface area contributed by atoms with Crippen molar-refractivity contribution in [2.24, 2.45) is 0 Å². The molecule has 34 heavy (non-hydrogen) atoms. The third-order valence-corrected chi connectivity index (χ3v) is 5.79. The number of aryl methyl sites for hydroxylation is 2. The van der Waals surface area contributed by atoms with Crippen molar-refractivity contribution in [2.75, 3.05) is 20.3 Å². The highest BCUT2D eigenvalue weighted by Gasteiger charge is 2.11. The molecule has 176 valence electrons. The zero-order valence-electron chi connectivity index (χ0n) is 19.2. The Morgan fingerprint density at radius 2 is 1.79 bits per heavy atom. The molecular formula is C27H28ClN3O3. The van der Waals surface area contributed by atoms with Gasteiger partial charge in [-0.25, -0.2) is 4.98 Å². The first kappa shape index (κ1) is 23.6. The molecule has 1 amide bonds. The number of rotatable bonds is 11. The molecule has 0 unspecified atom stereocenters. The largest absolute Gasteiger partial charge is 0.497 e. The average molecular weight is 478 g/mol. The molecule has 6 nitrogen and oxygen atoms in total. The maximum Gasteiger partial charge on any atom is 0.251 e. The van der Waals surface area contributed by atoms with Crippen molar-refractivity contribution in [3.8, 4) is 11.5 Å². The summed E-state index contributed by atoms with van der Waals surface area (Å²) in [5, 5.41) is 3.59. The van der Waals surface area contributed by atoms with Crippen LogP contribution in [0.4, 0.5) is 0 Å². The van der Waals surface area contributed by atoms with E-state index in [0.29, 0.717) is 23.7 Å². The molecule has 1 N–H and O–H groups in total. The van der Waals surface area contributed by atoms with Crippen LogP contribution in [0.2, 0.25) is 5.02 Å². The molecule has 0 aliphatic rings. The van der Waals surface area contributed by atoms with Crippen molar-refractivity contribution in [2.45, 2.75) is 25.8 Å². The van der Waals surface area contributed by atoms with Crippen LogP contribution >= 0.6 is 11.6 Å². The molecule has 0 saturated heterocycles. The summed E-state index contributed by atoms with van der Waals surface area (Å²) in [5.41, 5.74) is 2.70. The zero-order chi connectivity index (χ0) is 23.8. The summed E-state index contributed by atoms with van der Waals surface area (Å²) in [5.74, 6) is 2.50. The number of aromatic nitrogens is 2. The van der Waals surface area contributed by atoms with Gasteiger partial charge in [0.05, 0.1) is 24.8 Å². The van der Waals surface area contributed by atoms with E-state index in [1.807, 2.05) is 42.5 Å². The van der Waals surface area contributed by atoms with Gasteiger partial charge in [0.25, 0.3) is 5.91 Å². The van der Waals surface area contributed by atoms with Crippen LogP contribution in [0.15, 0.2) is 72.8 Å². The smallest absolute Gasteiger partial charge is 0.251 e. The van der Waals surface area contributed by atoms with Crippen LogP contribution in [0.25, 0.3) is 11.0 Å². The first-order valence-electron chi connectivity index (χ1n) is 11.4. The second-order valence-electron chi connectivity index (χ2n) is 7.92. The summed E-state index contributed by atoms with van der Waals surface area (Å²) >= 11 is 5.89. The fourth-order valence-corrected chi connectivity index (χ4v) is 3.95. The number of nitrogens with zero attached hydrogens (tertiary/aromatic N) is 2. The molecule has 0 aliphatic heterocycles. The highest BCUT2D eigenvalue weighted by molar-refractivity contribution is 6.30. The number of halogens is 1. The molecule has 0 fully saturated rings. The number of benzene rings is 3. The fraction of sp³-hybridized carbons (Fsp3) is 0.259. The number of carbonyl (C=O) groups is 1. The van der Waals surface area contributed by atoms with Crippen molar-refractivity contribution in [3.05, 3.63) is 89.2 Å². The van der Waals surface area contributed by atoms with E-state index in [0.717, 1.165) is 54.2 Å². The highest BCUT2D eigenvalue weighted by Crippen LogP contribution is 2.20. The van der Waals surface area contributed by atoms with Crippen LogP contribution in [0.1, 0.15) is 29.0 Å². The van der Waals surface area contributed by atoms with E-state index in [4.69, 9.17) is 26.1 Å². The highest BCUT2D eigenvalue weighted by atomic mass is 35.5. The van der Waals surface area contributed by atoms with E-state index < -0.39 is 0 Å². The lowest BCUT2D eigenvalue weighted by atomic mass is 10.2. The third-order valence-electron chi connectivity index (χ3n) is 5.54. The lowest BCUT2D eigenvalue weighted by Crippen LogP contribution is -2.25. The molecule has 7 heteroatoms. The molecule has 1 heterocycles. The first-order chi connectivity index (χ1) is 16.6. The zero-order valence-corrected chi connectivity index (χ0v) is 19.9.